The van der Waals surface area contributed by atoms with Crippen molar-refractivity contribution in [3.05, 3.63) is 57.6 Å². The highest BCUT2D eigenvalue weighted by Crippen LogP contribution is 2.29. The minimum absolute atomic E-state index is 0.000728. The van der Waals surface area contributed by atoms with Crippen LogP contribution in [0.4, 0.5) is 0 Å². The number of piperidine rings is 1. The highest BCUT2D eigenvalue weighted by molar-refractivity contribution is 6.42. The Morgan fingerprint density at radius 2 is 1.77 bits per heavy atom. The number of benzene rings is 2. The van der Waals surface area contributed by atoms with Gasteiger partial charge in [-0.05, 0) is 74.7 Å². The van der Waals surface area contributed by atoms with Crippen molar-refractivity contribution < 1.29 is 19.1 Å². The molecular formula is C24H27Cl2NO4. The standard InChI is InChI=1S/C24H27Cl2NO4/c1-16(28)19-4-6-23(24(13-19)30-2)31-15-20(29)11-17-7-9-27(10-8-17)14-18-3-5-21(25)22(26)12-18/h3-6,12-13,17H,7-11,14-15H2,1-2H3. The van der Waals surface area contributed by atoms with E-state index in [4.69, 9.17) is 32.7 Å². The largest absolute Gasteiger partial charge is 0.493 e. The summed E-state index contributed by atoms with van der Waals surface area (Å²) >= 11 is 12.1. The third kappa shape index (κ3) is 6.70. The fraction of sp³-hybridized carbons (Fsp3) is 0.417. The number of carbonyl (C=O) groups is 2. The predicted octanol–water partition coefficient (Wildman–Crippen LogP) is 5.45. The molecule has 0 bridgehead atoms. The summed E-state index contributed by atoms with van der Waals surface area (Å²) in [5.41, 5.74) is 1.69. The lowest BCUT2D eigenvalue weighted by Crippen LogP contribution is -2.34. The Bertz CT molecular complexity index is 939. The van der Waals surface area contributed by atoms with Crippen LogP contribution in [-0.2, 0) is 11.3 Å². The monoisotopic (exact) mass is 463 g/mol. The van der Waals surface area contributed by atoms with Crippen molar-refractivity contribution in [2.24, 2.45) is 5.92 Å². The summed E-state index contributed by atoms with van der Waals surface area (Å²) in [7, 11) is 1.51. The molecule has 0 saturated carbocycles. The number of rotatable bonds is 9. The molecule has 1 heterocycles. The van der Waals surface area contributed by atoms with Crippen molar-refractivity contribution in [1.29, 1.82) is 0 Å². The number of carbonyl (C=O) groups excluding carboxylic acids is 2. The van der Waals surface area contributed by atoms with Crippen LogP contribution in [0.2, 0.25) is 10.0 Å². The summed E-state index contributed by atoms with van der Waals surface area (Å²) in [6.07, 6.45) is 2.46. The zero-order valence-electron chi connectivity index (χ0n) is 17.8. The molecule has 1 aliphatic heterocycles. The number of ketones is 2. The van der Waals surface area contributed by atoms with E-state index in [1.165, 1.54) is 14.0 Å². The van der Waals surface area contributed by atoms with Crippen molar-refractivity contribution in [3.8, 4) is 11.5 Å². The van der Waals surface area contributed by atoms with Crippen molar-refractivity contribution in [2.45, 2.75) is 32.7 Å². The molecule has 0 N–H and O–H groups in total. The topological polar surface area (TPSA) is 55.8 Å². The summed E-state index contributed by atoms with van der Waals surface area (Å²) < 4.78 is 11.0. The summed E-state index contributed by atoms with van der Waals surface area (Å²) in [5.74, 6) is 1.31. The van der Waals surface area contributed by atoms with Crippen LogP contribution in [0.3, 0.4) is 0 Å². The van der Waals surface area contributed by atoms with Crippen LogP contribution in [0.1, 0.15) is 42.1 Å². The van der Waals surface area contributed by atoms with E-state index in [9.17, 15) is 9.59 Å². The van der Waals surface area contributed by atoms with Crippen LogP contribution >= 0.6 is 23.2 Å². The molecule has 0 aromatic heterocycles. The first kappa shape index (κ1) is 23.6. The molecule has 1 saturated heterocycles. The van der Waals surface area contributed by atoms with Crippen LogP contribution in [0.25, 0.3) is 0 Å². The second-order valence-corrected chi connectivity index (χ2v) is 8.74. The minimum Gasteiger partial charge on any atom is -0.493 e. The fourth-order valence-electron chi connectivity index (χ4n) is 3.79. The Morgan fingerprint density at radius 1 is 1.03 bits per heavy atom. The normalized spacial score (nSPS) is 15.0. The molecule has 3 rings (SSSR count). The summed E-state index contributed by atoms with van der Waals surface area (Å²) in [4.78, 5) is 26.3. The lowest BCUT2D eigenvalue weighted by atomic mass is 9.91. The van der Waals surface area contributed by atoms with E-state index >= 15 is 0 Å². The number of hydrogen-bond acceptors (Lipinski definition) is 5. The second-order valence-electron chi connectivity index (χ2n) is 7.92. The highest BCUT2D eigenvalue weighted by atomic mass is 35.5. The molecule has 0 amide bonds. The molecule has 0 aliphatic carbocycles. The van der Waals surface area contributed by atoms with Gasteiger partial charge in [0, 0.05) is 18.5 Å². The summed E-state index contributed by atoms with van der Waals surface area (Å²) in [5, 5.41) is 1.14. The number of likely N-dealkylation sites (tertiary alicyclic amines) is 1. The Balaban J connectivity index is 1.44. The average Bonchev–Trinajstić information content (AvgIpc) is 2.76. The van der Waals surface area contributed by atoms with Gasteiger partial charge in [-0.15, -0.1) is 0 Å². The van der Waals surface area contributed by atoms with E-state index in [-0.39, 0.29) is 18.2 Å². The van der Waals surface area contributed by atoms with E-state index in [2.05, 4.69) is 4.90 Å². The number of halogens is 2. The maximum absolute atomic E-state index is 12.4. The van der Waals surface area contributed by atoms with Crippen molar-refractivity contribution in [2.75, 3.05) is 26.8 Å². The molecule has 0 unspecified atom stereocenters. The molecule has 5 nitrogen and oxygen atoms in total. The van der Waals surface area contributed by atoms with Gasteiger partial charge in [-0.2, -0.15) is 0 Å². The van der Waals surface area contributed by atoms with E-state index in [1.807, 2.05) is 18.2 Å². The first-order valence-corrected chi connectivity index (χ1v) is 11.1. The van der Waals surface area contributed by atoms with Gasteiger partial charge in [-0.25, -0.2) is 0 Å². The highest BCUT2D eigenvalue weighted by Gasteiger charge is 2.22. The Kier molecular flexibility index (Phi) is 8.35. The van der Waals surface area contributed by atoms with Gasteiger partial charge in [0.25, 0.3) is 0 Å². The maximum atomic E-state index is 12.4. The molecule has 31 heavy (non-hydrogen) atoms. The van der Waals surface area contributed by atoms with E-state index < -0.39 is 0 Å². The molecule has 166 valence electrons. The van der Waals surface area contributed by atoms with E-state index in [1.54, 1.807) is 18.2 Å². The van der Waals surface area contributed by atoms with Crippen LogP contribution in [-0.4, -0.2) is 43.3 Å². The Hall–Kier alpha value is -2.08. The number of Topliss-reactive ketones (excluding diaryl/α,β-unsaturated/α-hetero) is 2. The number of hydrogen-bond donors (Lipinski definition) is 0. The van der Waals surface area contributed by atoms with E-state index in [0.717, 1.165) is 38.0 Å². The predicted molar refractivity (Wildman–Crippen MR) is 123 cm³/mol. The molecular weight excluding hydrogens is 437 g/mol. The van der Waals surface area contributed by atoms with Crippen LogP contribution in [0, 0.1) is 5.92 Å². The van der Waals surface area contributed by atoms with Gasteiger partial charge < -0.3 is 9.47 Å². The molecule has 2 aromatic rings. The van der Waals surface area contributed by atoms with Crippen LogP contribution in [0.15, 0.2) is 36.4 Å². The minimum atomic E-state index is -0.0496. The van der Waals surface area contributed by atoms with Crippen molar-refractivity contribution in [1.82, 2.24) is 4.90 Å². The van der Waals surface area contributed by atoms with Gasteiger partial charge in [0.15, 0.2) is 23.1 Å². The molecule has 0 spiro atoms. The Morgan fingerprint density at radius 3 is 2.42 bits per heavy atom. The number of methoxy groups -OCH3 is 1. The lowest BCUT2D eigenvalue weighted by molar-refractivity contribution is -0.122. The summed E-state index contributed by atoms with van der Waals surface area (Å²) in [6, 6.07) is 10.7. The van der Waals surface area contributed by atoms with Gasteiger partial charge in [-0.3, -0.25) is 14.5 Å². The number of ether oxygens (including phenoxy) is 2. The van der Waals surface area contributed by atoms with Crippen LogP contribution < -0.4 is 9.47 Å². The van der Waals surface area contributed by atoms with Gasteiger partial charge in [-0.1, -0.05) is 29.3 Å². The third-order valence-corrected chi connectivity index (χ3v) is 6.31. The summed E-state index contributed by atoms with van der Waals surface area (Å²) in [6.45, 7) is 4.21. The van der Waals surface area contributed by atoms with Crippen LogP contribution in [0.5, 0.6) is 11.5 Å². The van der Waals surface area contributed by atoms with Gasteiger partial charge >= 0.3 is 0 Å². The first-order chi connectivity index (χ1) is 14.9. The van der Waals surface area contributed by atoms with Gasteiger partial charge in [0.2, 0.25) is 0 Å². The molecule has 1 aliphatic rings. The van der Waals surface area contributed by atoms with Crippen molar-refractivity contribution in [3.63, 3.8) is 0 Å². The van der Waals surface area contributed by atoms with Gasteiger partial charge in [0.1, 0.15) is 6.61 Å². The zero-order valence-corrected chi connectivity index (χ0v) is 19.3. The molecule has 0 radical (unpaired) electrons. The average molecular weight is 464 g/mol. The Labute approximate surface area is 193 Å². The lowest BCUT2D eigenvalue weighted by Gasteiger charge is -2.31. The molecule has 2 aromatic carbocycles. The SMILES string of the molecule is COc1cc(C(C)=O)ccc1OCC(=O)CC1CCN(Cc2ccc(Cl)c(Cl)c2)CC1. The quantitative estimate of drug-likeness (QED) is 0.462. The zero-order chi connectivity index (χ0) is 22.4. The molecule has 0 atom stereocenters. The molecule has 1 fully saturated rings. The molecule has 7 heteroatoms. The number of nitrogens with zero attached hydrogens (tertiary/aromatic N) is 1. The van der Waals surface area contributed by atoms with E-state index in [0.29, 0.717) is 39.4 Å². The third-order valence-electron chi connectivity index (χ3n) is 5.57. The fourth-order valence-corrected chi connectivity index (χ4v) is 4.11. The maximum Gasteiger partial charge on any atom is 0.170 e. The smallest absolute Gasteiger partial charge is 0.170 e. The van der Waals surface area contributed by atoms with Crippen molar-refractivity contribution >= 4 is 34.8 Å². The first-order valence-electron chi connectivity index (χ1n) is 10.4. The second kappa shape index (κ2) is 11.0. The van der Waals surface area contributed by atoms with Gasteiger partial charge in [0.05, 0.1) is 17.2 Å².